The Balaban J connectivity index is 1.25. The summed E-state index contributed by atoms with van der Waals surface area (Å²) in [5.41, 5.74) is 0.681. The van der Waals surface area contributed by atoms with Gasteiger partial charge in [-0.1, -0.05) is 81.4 Å². The molecule has 0 bridgehead atoms. The van der Waals surface area contributed by atoms with Gasteiger partial charge in [0.1, 0.15) is 17.5 Å². The molecule has 2 aliphatic heterocycles. The number of rotatable bonds is 13. The molecular formula is C44H47F6N3O2Si. The summed E-state index contributed by atoms with van der Waals surface area (Å²) < 4.78 is 100. The molecule has 0 spiro atoms. The molecular weight excluding hydrogens is 745 g/mol. The summed E-state index contributed by atoms with van der Waals surface area (Å²) in [6.45, 7) is 6.58. The number of hydrogen-bond donors (Lipinski definition) is 1. The highest BCUT2D eigenvalue weighted by atomic mass is 28.4. The maximum atomic E-state index is 16.8. The molecule has 2 aliphatic rings. The van der Waals surface area contributed by atoms with Gasteiger partial charge in [0.05, 0.1) is 25.9 Å². The van der Waals surface area contributed by atoms with Crippen molar-refractivity contribution >= 4 is 35.4 Å². The maximum Gasteiger partial charge on any atom is 0.282 e. The van der Waals surface area contributed by atoms with Gasteiger partial charge in [0, 0.05) is 59.3 Å². The van der Waals surface area contributed by atoms with Crippen LogP contribution in [0, 0.1) is 23.4 Å². The topological polar surface area (TPSA) is 48.6 Å². The largest absolute Gasteiger partial charge is 0.401 e. The van der Waals surface area contributed by atoms with Crippen molar-refractivity contribution in [1.29, 1.82) is 0 Å². The van der Waals surface area contributed by atoms with Gasteiger partial charge in [-0.15, -0.1) is 0 Å². The Bertz CT molecular complexity index is 2120. The van der Waals surface area contributed by atoms with Gasteiger partial charge in [-0.3, -0.25) is 14.1 Å². The van der Waals surface area contributed by atoms with Crippen LogP contribution in [-0.2, 0) is 10.8 Å². The number of Topliss-reactive ketones (excluding diaryl/α,β-unsaturated/α-hetero) is 1. The minimum absolute atomic E-state index is 0.155. The third-order valence-electron chi connectivity index (χ3n) is 11.5. The van der Waals surface area contributed by atoms with Crippen molar-refractivity contribution in [2.45, 2.75) is 63.6 Å². The number of carbonyl (C=O) groups is 1. The van der Waals surface area contributed by atoms with Crippen LogP contribution < -0.4 is 10.4 Å². The van der Waals surface area contributed by atoms with Gasteiger partial charge in [0.25, 0.3) is 14.2 Å². The number of benzene rings is 4. The van der Waals surface area contributed by atoms with Gasteiger partial charge in [-0.25, -0.2) is 22.0 Å². The van der Waals surface area contributed by atoms with Crippen molar-refractivity contribution in [3.63, 3.8) is 0 Å². The molecule has 1 saturated heterocycles. The molecule has 3 heterocycles. The van der Waals surface area contributed by atoms with E-state index in [9.17, 15) is 13.6 Å². The van der Waals surface area contributed by atoms with E-state index >= 15 is 17.6 Å². The number of nitrogens with one attached hydrogen (secondary N) is 1. The summed E-state index contributed by atoms with van der Waals surface area (Å²) >= 11 is 0. The zero-order valence-electron chi connectivity index (χ0n) is 32.0. The number of hydrogen-bond acceptors (Lipinski definition) is 4. The molecule has 0 saturated carbocycles. The van der Waals surface area contributed by atoms with Gasteiger partial charge in [-0.05, 0) is 71.1 Å². The van der Waals surface area contributed by atoms with Gasteiger partial charge < -0.3 is 14.3 Å². The summed E-state index contributed by atoms with van der Waals surface area (Å²) in [4.78, 5) is 19.7. The van der Waals surface area contributed by atoms with Gasteiger partial charge >= 0.3 is 0 Å². The zero-order valence-corrected chi connectivity index (χ0v) is 33.0. The lowest BCUT2D eigenvalue weighted by atomic mass is 9.86. The number of likely N-dealkylation sites (tertiary alicyclic amines) is 1. The van der Waals surface area contributed by atoms with E-state index in [1.54, 1.807) is 13.0 Å². The summed E-state index contributed by atoms with van der Waals surface area (Å²) in [6.07, 6.45) is 0.589. The van der Waals surface area contributed by atoms with Crippen LogP contribution >= 0.6 is 0 Å². The van der Waals surface area contributed by atoms with Crippen LogP contribution in [0.4, 0.5) is 26.3 Å². The molecule has 12 heteroatoms. The number of alkyl halides is 3. The number of ketones is 1. The number of nitrogens with zero attached hydrogens (tertiary/aromatic N) is 2. The molecule has 0 unspecified atom stereocenters. The highest BCUT2D eigenvalue weighted by Gasteiger charge is 2.53. The summed E-state index contributed by atoms with van der Waals surface area (Å²) in [7, 11) is -3.37. The molecule has 0 aliphatic carbocycles. The normalized spacial score (nSPS) is 18.6. The van der Waals surface area contributed by atoms with Crippen molar-refractivity contribution < 1.29 is 35.6 Å². The lowest BCUT2D eigenvalue weighted by molar-refractivity contribution is -0.0825. The van der Waals surface area contributed by atoms with E-state index in [4.69, 9.17) is 4.43 Å². The Hall–Kier alpha value is -4.23. The molecule has 4 aromatic carbocycles. The van der Waals surface area contributed by atoms with Gasteiger partial charge in [0.2, 0.25) is 0 Å². The predicted octanol–water partition coefficient (Wildman–Crippen LogP) is 8.61. The van der Waals surface area contributed by atoms with Crippen LogP contribution in [-0.4, -0.2) is 80.3 Å². The third-order valence-corrected chi connectivity index (χ3v) is 16.5. The van der Waals surface area contributed by atoms with Crippen LogP contribution in [0.15, 0.2) is 91.0 Å². The van der Waals surface area contributed by atoms with E-state index in [1.807, 2.05) is 86.3 Å². The number of H-pyrrole nitrogens is 1. The fourth-order valence-corrected chi connectivity index (χ4v) is 13.4. The Morgan fingerprint density at radius 1 is 0.893 bits per heavy atom. The Morgan fingerprint density at radius 3 is 2.07 bits per heavy atom. The Kier molecular flexibility index (Phi) is 11.1. The number of aromatic nitrogens is 1. The second-order valence-corrected chi connectivity index (χ2v) is 20.7. The van der Waals surface area contributed by atoms with Crippen molar-refractivity contribution in [3.8, 4) is 0 Å². The van der Waals surface area contributed by atoms with E-state index in [2.05, 4.69) is 4.98 Å². The first-order valence-electron chi connectivity index (χ1n) is 19.1. The molecule has 2 atom stereocenters. The lowest BCUT2D eigenvalue weighted by Crippen LogP contribution is -2.67. The fraction of sp³-hybridized carbons (Fsp3) is 0.386. The van der Waals surface area contributed by atoms with Crippen LogP contribution in [0.3, 0.4) is 0 Å². The second kappa shape index (κ2) is 15.6. The number of carbonyl (C=O) groups excluding carboxylic acids is 1. The summed E-state index contributed by atoms with van der Waals surface area (Å²) in [6, 6.07) is 23.0. The second-order valence-electron chi connectivity index (χ2n) is 16.4. The molecule has 0 amide bonds. The Labute approximate surface area is 324 Å². The van der Waals surface area contributed by atoms with Gasteiger partial charge in [0.15, 0.2) is 5.78 Å². The van der Waals surface area contributed by atoms with Crippen LogP contribution in [0.2, 0.25) is 5.04 Å². The third kappa shape index (κ3) is 7.48. The molecule has 1 N–H and O–H groups in total. The highest BCUT2D eigenvalue weighted by molar-refractivity contribution is 6.99. The van der Waals surface area contributed by atoms with E-state index < -0.39 is 85.9 Å². The van der Waals surface area contributed by atoms with E-state index in [0.29, 0.717) is 42.5 Å². The number of fused-ring (bicyclic) bond motifs is 3. The van der Waals surface area contributed by atoms with Crippen molar-refractivity contribution in [2.75, 3.05) is 39.5 Å². The predicted molar refractivity (Wildman–Crippen MR) is 210 cm³/mol. The summed E-state index contributed by atoms with van der Waals surface area (Å²) in [5, 5.41) is 1.73. The van der Waals surface area contributed by atoms with Crippen LogP contribution in [0.1, 0.15) is 67.3 Å². The zero-order chi connectivity index (χ0) is 40.0. The average Bonchev–Trinajstić information content (AvgIpc) is 3.48. The lowest BCUT2D eigenvalue weighted by Gasteiger charge is -2.45. The molecule has 0 radical (unpaired) electrons. The monoisotopic (exact) mass is 791 g/mol. The number of aromatic amines is 1. The molecule has 7 rings (SSSR count). The Morgan fingerprint density at radius 2 is 1.50 bits per heavy atom. The first kappa shape index (κ1) is 40.0. The number of halogens is 6. The quantitative estimate of drug-likeness (QED) is 0.0738. The highest BCUT2D eigenvalue weighted by Crippen LogP contribution is 2.45. The molecule has 296 valence electrons. The fourth-order valence-electron chi connectivity index (χ4n) is 8.81. The molecule has 1 aromatic heterocycles. The first-order valence-corrected chi connectivity index (χ1v) is 21.0. The first-order chi connectivity index (χ1) is 26.6. The SMILES string of the molecule is C[C@@H]1Cc2c([nH]c3cc(F)ccc23)[C@@H](c2c(F)cc(C(=O)C3CN(CCCF)C3)cc2F)N1CC(F)(F)CO[Si](c1ccccc1)(c1ccccc1)C(C)(C)C. The van der Waals surface area contributed by atoms with E-state index in [1.165, 1.54) is 17.0 Å². The molecule has 1 fully saturated rings. The van der Waals surface area contributed by atoms with E-state index in [0.717, 1.165) is 22.5 Å². The minimum Gasteiger partial charge on any atom is -0.401 e. The van der Waals surface area contributed by atoms with Crippen molar-refractivity contribution in [1.82, 2.24) is 14.8 Å². The molecule has 5 aromatic rings. The molecule has 5 nitrogen and oxygen atoms in total. The standard InChI is InChI=1S/C44H47F6N3O2Si/c1-28-20-35-34-17-16-31(46)23-38(34)51-40(35)41(39-36(47)21-29(22-37(39)48)42(54)30-24-52(25-30)19-11-18-45)53(28)26-44(49,50)27-55-56(43(2,3)4,32-12-7-5-8-13-32)33-14-9-6-10-15-33/h5-10,12-17,21-23,28,30,41,51H,11,18-20,24-27H2,1-4H3/t28-,41-/m1/s1. The van der Waals surface area contributed by atoms with Gasteiger partial charge in [-0.2, -0.15) is 0 Å². The minimum atomic E-state index is -3.50. The smallest absolute Gasteiger partial charge is 0.282 e. The van der Waals surface area contributed by atoms with Crippen molar-refractivity contribution in [2.24, 2.45) is 5.92 Å². The van der Waals surface area contributed by atoms with E-state index in [-0.39, 0.29) is 17.7 Å². The van der Waals surface area contributed by atoms with Crippen molar-refractivity contribution in [3.05, 3.63) is 131 Å². The average molecular weight is 792 g/mol. The van der Waals surface area contributed by atoms with Crippen LogP contribution in [0.25, 0.3) is 10.9 Å². The summed E-state index contributed by atoms with van der Waals surface area (Å²) in [5.74, 6) is -7.05. The molecule has 56 heavy (non-hydrogen) atoms. The maximum absolute atomic E-state index is 16.8. The van der Waals surface area contributed by atoms with Crippen LogP contribution in [0.5, 0.6) is 0 Å².